The number of alkyl halides is 5. The summed E-state index contributed by atoms with van der Waals surface area (Å²) in [5.74, 6) is -7.68. The number of piperazine rings is 1. The summed E-state index contributed by atoms with van der Waals surface area (Å²) in [6, 6.07) is -0.442. The monoisotopic (exact) mass is 303 g/mol. The molecule has 1 N–H and O–H groups in total. The first-order valence-corrected chi connectivity index (χ1v) is 5.88. The maximum absolute atomic E-state index is 12.9. The lowest BCUT2D eigenvalue weighted by molar-refractivity contribution is -0.274. The summed E-state index contributed by atoms with van der Waals surface area (Å²) >= 11 is 0. The van der Waals surface area contributed by atoms with E-state index < -0.39 is 24.0 Å². The van der Waals surface area contributed by atoms with Crippen LogP contribution in [0.4, 0.5) is 26.7 Å². The van der Waals surface area contributed by atoms with Crippen molar-refractivity contribution in [2.45, 2.75) is 19.0 Å². The number of carbonyl (C=O) groups excluding carboxylic acids is 2. The predicted molar refractivity (Wildman–Crippen MR) is 58.2 cm³/mol. The Bertz CT molecular complexity index is 378. The van der Waals surface area contributed by atoms with E-state index in [9.17, 15) is 31.5 Å². The van der Waals surface area contributed by atoms with Crippen LogP contribution in [0.1, 0.15) is 6.92 Å². The molecule has 20 heavy (non-hydrogen) atoms. The summed E-state index contributed by atoms with van der Waals surface area (Å²) in [6.07, 6.45) is -5.92. The van der Waals surface area contributed by atoms with Crippen molar-refractivity contribution in [3.8, 4) is 0 Å². The van der Waals surface area contributed by atoms with Gasteiger partial charge in [0.1, 0.15) is 0 Å². The molecule has 0 saturated carbocycles. The normalized spacial score (nSPS) is 17.1. The molecule has 0 aromatic heterocycles. The van der Waals surface area contributed by atoms with Gasteiger partial charge in [-0.05, 0) is 6.92 Å². The number of amides is 3. The van der Waals surface area contributed by atoms with Gasteiger partial charge in [-0.1, -0.05) is 0 Å². The second-order valence-corrected chi connectivity index (χ2v) is 4.19. The molecule has 1 saturated heterocycles. The third-order valence-electron chi connectivity index (χ3n) is 2.81. The molecule has 0 bridgehead atoms. The van der Waals surface area contributed by atoms with Gasteiger partial charge in [-0.25, -0.2) is 4.79 Å². The van der Waals surface area contributed by atoms with Crippen molar-refractivity contribution in [2.24, 2.45) is 0 Å². The molecule has 3 amide bonds. The quantitative estimate of drug-likeness (QED) is 0.776. The SMILES string of the molecule is CCNC(=O)N1CCN(C(=O)C(F)(F)C(F)(F)F)CC1. The van der Waals surface area contributed by atoms with Crippen molar-refractivity contribution >= 4 is 11.9 Å². The minimum atomic E-state index is -5.92. The summed E-state index contributed by atoms with van der Waals surface area (Å²) < 4.78 is 62.0. The lowest BCUT2D eigenvalue weighted by Gasteiger charge is -2.36. The van der Waals surface area contributed by atoms with Gasteiger partial charge in [0.05, 0.1) is 0 Å². The molecule has 1 rings (SSSR count). The fraction of sp³-hybridized carbons (Fsp3) is 0.800. The van der Waals surface area contributed by atoms with Crippen molar-refractivity contribution in [2.75, 3.05) is 32.7 Å². The number of nitrogens with one attached hydrogen (secondary N) is 1. The van der Waals surface area contributed by atoms with Gasteiger partial charge >= 0.3 is 24.0 Å². The van der Waals surface area contributed by atoms with E-state index in [2.05, 4.69) is 5.32 Å². The number of nitrogens with zero attached hydrogens (tertiary/aromatic N) is 2. The number of carbonyl (C=O) groups is 2. The zero-order valence-corrected chi connectivity index (χ0v) is 10.6. The van der Waals surface area contributed by atoms with Crippen LogP contribution in [-0.2, 0) is 4.79 Å². The Labute approximate surface area is 111 Å². The van der Waals surface area contributed by atoms with Crippen molar-refractivity contribution < 1.29 is 31.5 Å². The molecule has 1 fully saturated rings. The molecule has 0 aliphatic carbocycles. The van der Waals surface area contributed by atoms with Gasteiger partial charge in [-0.15, -0.1) is 0 Å². The Morgan fingerprint density at radius 2 is 1.45 bits per heavy atom. The minimum absolute atomic E-state index is 0.0918. The van der Waals surface area contributed by atoms with E-state index >= 15 is 0 Å². The Balaban J connectivity index is 2.62. The van der Waals surface area contributed by atoms with Crippen LogP contribution in [0.25, 0.3) is 0 Å². The van der Waals surface area contributed by atoms with Gasteiger partial charge in [0, 0.05) is 32.7 Å². The standard InChI is InChI=1S/C10H14F5N3O2/c1-2-16-8(20)18-5-3-17(4-6-18)7(19)9(11,12)10(13,14)15/h2-6H2,1H3,(H,16,20). The van der Waals surface area contributed by atoms with Crippen molar-refractivity contribution in [3.63, 3.8) is 0 Å². The molecule has 1 heterocycles. The molecule has 5 nitrogen and oxygen atoms in total. The fourth-order valence-electron chi connectivity index (χ4n) is 1.70. The van der Waals surface area contributed by atoms with E-state index in [4.69, 9.17) is 0 Å². The van der Waals surface area contributed by atoms with Gasteiger partial charge in [0.15, 0.2) is 0 Å². The van der Waals surface area contributed by atoms with Crippen LogP contribution in [0.3, 0.4) is 0 Å². The lowest BCUT2D eigenvalue weighted by Crippen LogP contribution is -2.58. The number of urea groups is 1. The lowest BCUT2D eigenvalue weighted by atomic mass is 10.2. The minimum Gasteiger partial charge on any atom is -0.338 e. The molecule has 0 unspecified atom stereocenters. The molecule has 0 atom stereocenters. The summed E-state index contributed by atoms with van der Waals surface area (Å²) in [5.41, 5.74) is 0. The average Bonchev–Trinajstić information content (AvgIpc) is 2.37. The molecule has 0 aromatic rings. The molecule has 1 aliphatic heterocycles. The Kier molecular flexibility index (Phi) is 4.77. The summed E-state index contributed by atoms with van der Waals surface area (Å²) in [7, 11) is 0. The fourth-order valence-corrected chi connectivity index (χ4v) is 1.70. The number of rotatable bonds is 2. The van der Waals surface area contributed by atoms with Gasteiger partial charge in [-0.3, -0.25) is 4.79 Å². The van der Waals surface area contributed by atoms with E-state index in [1.165, 1.54) is 4.90 Å². The van der Waals surface area contributed by atoms with Crippen molar-refractivity contribution in [1.82, 2.24) is 15.1 Å². The van der Waals surface area contributed by atoms with Crippen LogP contribution in [0.15, 0.2) is 0 Å². The average molecular weight is 303 g/mol. The molecule has 0 spiro atoms. The topological polar surface area (TPSA) is 52.7 Å². The van der Waals surface area contributed by atoms with Crippen LogP contribution >= 0.6 is 0 Å². The number of halogens is 5. The van der Waals surface area contributed by atoms with Gasteiger partial charge in [0.25, 0.3) is 0 Å². The second kappa shape index (κ2) is 5.80. The molecular weight excluding hydrogens is 289 g/mol. The third kappa shape index (κ3) is 3.28. The highest BCUT2D eigenvalue weighted by atomic mass is 19.4. The number of hydrogen-bond acceptors (Lipinski definition) is 2. The smallest absolute Gasteiger partial charge is 0.338 e. The van der Waals surface area contributed by atoms with Crippen molar-refractivity contribution in [1.29, 1.82) is 0 Å². The highest BCUT2D eigenvalue weighted by Gasteiger charge is 2.64. The second-order valence-electron chi connectivity index (χ2n) is 4.19. The summed E-state index contributed by atoms with van der Waals surface area (Å²) in [4.78, 5) is 24.3. The van der Waals surface area contributed by atoms with Gasteiger partial charge < -0.3 is 15.1 Å². The van der Waals surface area contributed by atoms with Crippen LogP contribution < -0.4 is 5.32 Å². The maximum Gasteiger partial charge on any atom is 0.463 e. The molecular formula is C10H14F5N3O2. The van der Waals surface area contributed by atoms with Crippen LogP contribution in [-0.4, -0.2) is 66.6 Å². The van der Waals surface area contributed by atoms with E-state index in [1.807, 2.05) is 0 Å². The summed E-state index contributed by atoms with van der Waals surface area (Å²) in [5, 5.41) is 2.47. The van der Waals surface area contributed by atoms with Gasteiger partial charge in [0.2, 0.25) is 0 Å². The maximum atomic E-state index is 12.9. The molecule has 1 aliphatic rings. The largest absolute Gasteiger partial charge is 0.463 e. The predicted octanol–water partition coefficient (Wildman–Crippen LogP) is 1.06. The first-order valence-electron chi connectivity index (χ1n) is 5.88. The zero-order chi connectivity index (χ0) is 15.6. The van der Waals surface area contributed by atoms with E-state index in [-0.39, 0.29) is 26.2 Å². The first-order chi connectivity index (χ1) is 9.11. The third-order valence-corrected chi connectivity index (χ3v) is 2.81. The van der Waals surface area contributed by atoms with Crippen LogP contribution in [0, 0.1) is 0 Å². The highest BCUT2D eigenvalue weighted by Crippen LogP contribution is 2.37. The van der Waals surface area contributed by atoms with Crippen LogP contribution in [0.5, 0.6) is 0 Å². The van der Waals surface area contributed by atoms with E-state index in [1.54, 1.807) is 6.92 Å². The Hall–Kier alpha value is -1.61. The number of hydrogen-bond donors (Lipinski definition) is 1. The van der Waals surface area contributed by atoms with Crippen LogP contribution in [0.2, 0.25) is 0 Å². The van der Waals surface area contributed by atoms with E-state index in [0.717, 1.165) is 0 Å². The zero-order valence-electron chi connectivity index (χ0n) is 10.6. The van der Waals surface area contributed by atoms with Crippen molar-refractivity contribution in [3.05, 3.63) is 0 Å². The van der Waals surface area contributed by atoms with E-state index in [0.29, 0.717) is 11.4 Å². The molecule has 10 heteroatoms. The Morgan fingerprint density at radius 1 is 1.00 bits per heavy atom. The molecule has 116 valence electrons. The molecule has 0 radical (unpaired) electrons. The van der Waals surface area contributed by atoms with Gasteiger partial charge in [-0.2, -0.15) is 22.0 Å². The Morgan fingerprint density at radius 3 is 1.85 bits per heavy atom. The summed E-state index contributed by atoms with van der Waals surface area (Å²) in [6.45, 7) is 1.14. The molecule has 0 aromatic carbocycles. The highest BCUT2D eigenvalue weighted by molar-refractivity contribution is 5.84. The first kappa shape index (κ1) is 16.4.